The Labute approximate surface area is 179 Å². The van der Waals surface area contributed by atoms with Gasteiger partial charge in [0.2, 0.25) is 0 Å². The molecule has 3 aromatic rings. The van der Waals surface area contributed by atoms with Gasteiger partial charge in [0.1, 0.15) is 0 Å². The minimum atomic E-state index is 0.251. The number of hydrogen-bond acceptors (Lipinski definition) is 3. The molecule has 3 nitrogen and oxygen atoms in total. The van der Waals surface area contributed by atoms with Crippen LogP contribution in [-0.4, -0.2) is 12.1 Å². The first-order valence-corrected chi connectivity index (χ1v) is 11.2. The number of nitrogens with two attached hydrogens (primary N) is 1. The van der Waals surface area contributed by atoms with Crippen molar-refractivity contribution in [2.75, 3.05) is 10.6 Å². The van der Waals surface area contributed by atoms with Gasteiger partial charge in [-0.3, -0.25) is 0 Å². The van der Waals surface area contributed by atoms with Crippen LogP contribution in [0, 0.1) is 13.8 Å². The molecule has 30 heavy (non-hydrogen) atoms. The van der Waals surface area contributed by atoms with Crippen molar-refractivity contribution in [2.45, 2.75) is 58.0 Å². The van der Waals surface area contributed by atoms with Gasteiger partial charge in [-0.15, -0.1) is 0 Å². The van der Waals surface area contributed by atoms with Crippen molar-refractivity contribution in [3.8, 4) is 11.1 Å². The van der Waals surface area contributed by atoms with Gasteiger partial charge in [0.05, 0.1) is 0 Å². The largest absolute Gasteiger partial charge is 0.381 e. The summed E-state index contributed by atoms with van der Waals surface area (Å²) in [5, 5.41) is 7.42. The minimum Gasteiger partial charge on any atom is -0.381 e. The van der Waals surface area contributed by atoms with E-state index in [1.54, 1.807) is 0 Å². The fourth-order valence-corrected chi connectivity index (χ4v) is 5.18. The molecular weight excluding hydrogens is 366 g/mol. The summed E-state index contributed by atoms with van der Waals surface area (Å²) in [5.74, 6) is 0. The van der Waals surface area contributed by atoms with Gasteiger partial charge in [-0.25, -0.2) is 0 Å². The lowest BCUT2D eigenvalue weighted by atomic mass is 9.90. The third-order valence-electron chi connectivity index (χ3n) is 6.58. The highest BCUT2D eigenvalue weighted by molar-refractivity contribution is 5.90. The summed E-state index contributed by atoms with van der Waals surface area (Å²) >= 11 is 0. The first-order valence-electron chi connectivity index (χ1n) is 11.2. The van der Waals surface area contributed by atoms with Gasteiger partial charge in [-0.2, -0.15) is 0 Å². The monoisotopic (exact) mass is 397 g/mol. The van der Waals surface area contributed by atoms with Crippen molar-refractivity contribution in [1.29, 1.82) is 0 Å². The number of rotatable bonds is 4. The van der Waals surface area contributed by atoms with E-state index in [9.17, 15) is 0 Å². The number of aryl methyl sites for hydroxylation is 2. The second-order valence-electron chi connectivity index (χ2n) is 9.09. The standard InChI is InChI=1S/C27H31N3/c1-17-12-18(2)14-22(13-17)30-26-9-5-6-20-15-19-10-11-21(16-23(19)27(20)26)29-25-8-4-3-7-24(25)28/h5-6,9-14,16,24-25,29-30H,3-4,7-8,15,28H2,1-2H3/t24-,25+/m0/s1. The summed E-state index contributed by atoms with van der Waals surface area (Å²) in [5.41, 5.74) is 17.9. The molecule has 4 N–H and O–H groups in total. The Morgan fingerprint density at radius 1 is 0.833 bits per heavy atom. The summed E-state index contributed by atoms with van der Waals surface area (Å²) in [6, 6.07) is 20.7. The second kappa shape index (κ2) is 7.81. The van der Waals surface area contributed by atoms with Crippen LogP contribution in [0.25, 0.3) is 11.1 Å². The van der Waals surface area contributed by atoms with E-state index in [2.05, 4.69) is 79.1 Å². The Hall–Kier alpha value is -2.78. The van der Waals surface area contributed by atoms with Crippen LogP contribution in [0.3, 0.4) is 0 Å². The summed E-state index contributed by atoms with van der Waals surface area (Å²) in [7, 11) is 0. The van der Waals surface area contributed by atoms with Gasteiger partial charge < -0.3 is 16.4 Å². The predicted octanol–water partition coefficient (Wildman–Crippen LogP) is 6.30. The SMILES string of the molecule is Cc1cc(C)cc(Nc2cccc3c2-c2cc(N[C@@H]4CCCC[C@@H]4N)ccc2C3)c1. The molecule has 0 saturated heterocycles. The van der Waals surface area contributed by atoms with Crippen molar-refractivity contribution in [3.63, 3.8) is 0 Å². The molecule has 0 bridgehead atoms. The van der Waals surface area contributed by atoms with E-state index in [4.69, 9.17) is 5.73 Å². The molecule has 0 amide bonds. The molecular formula is C27H31N3. The average Bonchev–Trinajstić information content (AvgIpc) is 3.08. The average molecular weight is 398 g/mol. The van der Waals surface area contributed by atoms with E-state index in [-0.39, 0.29) is 6.04 Å². The van der Waals surface area contributed by atoms with Crippen molar-refractivity contribution < 1.29 is 0 Å². The molecule has 3 aromatic carbocycles. The third kappa shape index (κ3) is 3.70. The Morgan fingerprint density at radius 2 is 1.63 bits per heavy atom. The lowest BCUT2D eigenvalue weighted by molar-refractivity contribution is 0.404. The van der Waals surface area contributed by atoms with E-state index < -0.39 is 0 Å². The highest BCUT2D eigenvalue weighted by Gasteiger charge is 2.24. The van der Waals surface area contributed by atoms with E-state index in [1.165, 1.54) is 57.6 Å². The summed E-state index contributed by atoms with van der Waals surface area (Å²) < 4.78 is 0. The summed E-state index contributed by atoms with van der Waals surface area (Å²) in [4.78, 5) is 0. The summed E-state index contributed by atoms with van der Waals surface area (Å²) in [6.45, 7) is 4.30. The molecule has 0 unspecified atom stereocenters. The third-order valence-corrected chi connectivity index (χ3v) is 6.58. The van der Waals surface area contributed by atoms with Gasteiger partial charge >= 0.3 is 0 Å². The topological polar surface area (TPSA) is 50.1 Å². The Kier molecular flexibility index (Phi) is 5.00. The van der Waals surface area contributed by atoms with E-state index in [1.807, 2.05) is 0 Å². The van der Waals surface area contributed by atoms with Crippen LogP contribution in [0.4, 0.5) is 17.1 Å². The van der Waals surface area contributed by atoms with Crippen molar-refractivity contribution >= 4 is 17.1 Å². The molecule has 0 radical (unpaired) electrons. The smallest absolute Gasteiger partial charge is 0.0466 e. The molecule has 3 heteroatoms. The maximum atomic E-state index is 6.38. The zero-order chi connectivity index (χ0) is 20.7. The first kappa shape index (κ1) is 19.2. The van der Waals surface area contributed by atoms with Crippen LogP contribution in [0.15, 0.2) is 54.6 Å². The predicted molar refractivity (Wildman–Crippen MR) is 128 cm³/mol. The zero-order valence-electron chi connectivity index (χ0n) is 18.0. The lowest BCUT2D eigenvalue weighted by Gasteiger charge is -2.30. The molecule has 5 rings (SSSR count). The molecule has 1 fully saturated rings. The molecule has 0 heterocycles. The maximum absolute atomic E-state index is 6.38. The number of anilines is 3. The van der Waals surface area contributed by atoms with Crippen LogP contribution in [0.5, 0.6) is 0 Å². The van der Waals surface area contributed by atoms with Crippen LogP contribution in [0.2, 0.25) is 0 Å². The number of fused-ring (bicyclic) bond motifs is 3. The Balaban J connectivity index is 1.48. The van der Waals surface area contributed by atoms with Crippen molar-refractivity contribution in [2.24, 2.45) is 5.73 Å². The molecule has 154 valence electrons. The second-order valence-corrected chi connectivity index (χ2v) is 9.09. The fourth-order valence-electron chi connectivity index (χ4n) is 5.18. The van der Waals surface area contributed by atoms with Crippen molar-refractivity contribution in [1.82, 2.24) is 0 Å². The fraction of sp³-hybridized carbons (Fsp3) is 0.333. The maximum Gasteiger partial charge on any atom is 0.0466 e. The Morgan fingerprint density at radius 3 is 2.43 bits per heavy atom. The van der Waals surface area contributed by atoms with Crippen LogP contribution >= 0.6 is 0 Å². The van der Waals surface area contributed by atoms with Gasteiger partial charge in [0.15, 0.2) is 0 Å². The number of hydrogen-bond donors (Lipinski definition) is 3. The molecule has 0 spiro atoms. The van der Waals surface area contributed by atoms with Crippen LogP contribution in [-0.2, 0) is 6.42 Å². The number of benzene rings is 3. The quantitative estimate of drug-likeness (QED) is 0.379. The van der Waals surface area contributed by atoms with Crippen LogP contribution in [0.1, 0.15) is 47.9 Å². The van der Waals surface area contributed by atoms with Gasteiger partial charge in [0.25, 0.3) is 0 Å². The van der Waals surface area contributed by atoms with E-state index in [0.29, 0.717) is 6.04 Å². The Bertz CT molecular complexity index is 1070. The van der Waals surface area contributed by atoms with Crippen molar-refractivity contribution in [3.05, 3.63) is 76.9 Å². The lowest BCUT2D eigenvalue weighted by Crippen LogP contribution is -2.42. The molecule has 0 aromatic heterocycles. The summed E-state index contributed by atoms with van der Waals surface area (Å²) in [6.07, 6.45) is 5.80. The van der Waals surface area contributed by atoms with E-state index >= 15 is 0 Å². The molecule has 2 atom stereocenters. The normalized spacial score (nSPS) is 19.8. The van der Waals surface area contributed by atoms with Crippen LogP contribution < -0.4 is 16.4 Å². The molecule has 2 aliphatic carbocycles. The molecule has 1 saturated carbocycles. The zero-order valence-corrected chi connectivity index (χ0v) is 18.0. The number of nitrogens with one attached hydrogen (secondary N) is 2. The minimum absolute atomic E-state index is 0.251. The molecule has 0 aliphatic heterocycles. The van der Waals surface area contributed by atoms with Gasteiger partial charge in [-0.1, -0.05) is 37.1 Å². The first-order chi connectivity index (χ1) is 14.6. The highest BCUT2D eigenvalue weighted by atomic mass is 15.0. The van der Waals surface area contributed by atoms with Gasteiger partial charge in [0, 0.05) is 34.7 Å². The highest BCUT2D eigenvalue weighted by Crippen LogP contribution is 2.43. The van der Waals surface area contributed by atoms with E-state index in [0.717, 1.165) is 24.9 Å². The van der Waals surface area contributed by atoms with Gasteiger partial charge in [-0.05, 0) is 91.3 Å². The molecule has 2 aliphatic rings.